The molecular weight excluding hydrogens is 404 g/mol. The van der Waals surface area contributed by atoms with Crippen LogP contribution in [0.4, 0.5) is 13.9 Å². The van der Waals surface area contributed by atoms with Crippen molar-refractivity contribution in [3.63, 3.8) is 0 Å². The van der Waals surface area contributed by atoms with Crippen LogP contribution in [0.5, 0.6) is 5.75 Å². The largest absolute Gasteiger partial charge is 0.489 e. The first-order valence-corrected chi connectivity index (χ1v) is 10.0. The zero-order valence-electron chi connectivity index (χ0n) is 15.8. The molecule has 0 amide bonds. The van der Waals surface area contributed by atoms with E-state index in [4.69, 9.17) is 4.74 Å². The first kappa shape index (κ1) is 19.7. The minimum absolute atomic E-state index is 0.0920. The molecule has 0 aliphatic carbocycles. The Morgan fingerprint density at radius 3 is 2.40 bits per heavy atom. The van der Waals surface area contributed by atoms with Crippen LogP contribution in [0.2, 0.25) is 0 Å². The molecule has 30 heavy (non-hydrogen) atoms. The first-order chi connectivity index (χ1) is 14.7. The summed E-state index contributed by atoms with van der Waals surface area (Å²) in [7, 11) is 0. The van der Waals surface area contributed by atoms with E-state index in [0.29, 0.717) is 10.9 Å². The van der Waals surface area contributed by atoms with Gasteiger partial charge in [0, 0.05) is 10.9 Å². The summed E-state index contributed by atoms with van der Waals surface area (Å²) in [5.74, 6) is -0.736. The van der Waals surface area contributed by atoms with Crippen molar-refractivity contribution < 1.29 is 13.5 Å². The van der Waals surface area contributed by atoms with Crippen molar-refractivity contribution in [1.82, 2.24) is 4.98 Å². The third-order valence-corrected chi connectivity index (χ3v) is 5.02. The number of aromatic nitrogens is 1. The van der Waals surface area contributed by atoms with E-state index in [-0.39, 0.29) is 12.2 Å². The fourth-order valence-corrected chi connectivity index (χ4v) is 3.37. The molecule has 1 aromatic heterocycles. The standard InChI is InChI=1S/C23H17F2N3OS/c24-20-7-4-8-21(25)19(20)14-29-18-11-9-16(10-12-18)13-26-28-23-27-22(15-30-23)17-5-2-1-3-6-17/h1-13,15H,14H2,(H,27,28). The number of nitrogens with zero attached hydrogens (tertiary/aromatic N) is 2. The van der Waals surface area contributed by atoms with Gasteiger partial charge in [-0.05, 0) is 42.0 Å². The Labute approximate surface area is 176 Å². The average Bonchev–Trinajstić information content (AvgIpc) is 3.24. The van der Waals surface area contributed by atoms with Gasteiger partial charge in [0.05, 0.1) is 17.5 Å². The lowest BCUT2D eigenvalue weighted by atomic mass is 10.2. The molecule has 4 aromatic rings. The fourth-order valence-electron chi connectivity index (χ4n) is 2.70. The summed E-state index contributed by atoms with van der Waals surface area (Å²) in [5, 5.41) is 6.86. The zero-order chi connectivity index (χ0) is 20.8. The molecule has 4 nitrogen and oxygen atoms in total. The molecule has 0 aliphatic heterocycles. The summed E-state index contributed by atoms with van der Waals surface area (Å²) in [6.07, 6.45) is 1.66. The van der Waals surface area contributed by atoms with Crippen molar-refractivity contribution in [3.8, 4) is 17.0 Å². The minimum atomic E-state index is -0.623. The molecule has 1 heterocycles. The van der Waals surface area contributed by atoms with Crippen LogP contribution < -0.4 is 10.2 Å². The molecule has 0 atom stereocenters. The van der Waals surface area contributed by atoms with Gasteiger partial charge in [0.2, 0.25) is 5.13 Å². The Morgan fingerprint density at radius 2 is 1.67 bits per heavy atom. The van der Waals surface area contributed by atoms with Gasteiger partial charge >= 0.3 is 0 Å². The maximum absolute atomic E-state index is 13.6. The van der Waals surface area contributed by atoms with Crippen LogP contribution in [0.1, 0.15) is 11.1 Å². The smallest absolute Gasteiger partial charge is 0.203 e. The lowest BCUT2D eigenvalue weighted by Crippen LogP contribution is -2.01. The van der Waals surface area contributed by atoms with Gasteiger partial charge in [-0.15, -0.1) is 11.3 Å². The van der Waals surface area contributed by atoms with Crippen molar-refractivity contribution in [2.24, 2.45) is 5.10 Å². The van der Waals surface area contributed by atoms with Gasteiger partial charge in [0.25, 0.3) is 0 Å². The fraction of sp³-hybridized carbons (Fsp3) is 0.0435. The van der Waals surface area contributed by atoms with E-state index in [1.54, 1.807) is 30.5 Å². The molecular formula is C23H17F2N3OS. The van der Waals surface area contributed by atoms with Gasteiger partial charge in [0.15, 0.2) is 0 Å². The van der Waals surface area contributed by atoms with Crippen LogP contribution in [-0.4, -0.2) is 11.2 Å². The van der Waals surface area contributed by atoms with Gasteiger partial charge in [-0.3, -0.25) is 5.43 Å². The first-order valence-electron chi connectivity index (χ1n) is 9.15. The van der Waals surface area contributed by atoms with E-state index >= 15 is 0 Å². The zero-order valence-corrected chi connectivity index (χ0v) is 16.6. The molecule has 0 radical (unpaired) electrons. The number of benzene rings is 3. The van der Waals surface area contributed by atoms with Crippen LogP contribution in [0.25, 0.3) is 11.3 Å². The second kappa shape index (κ2) is 9.28. The van der Waals surface area contributed by atoms with E-state index in [9.17, 15) is 8.78 Å². The molecule has 0 unspecified atom stereocenters. The van der Waals surface area contributed by atoms with E-state index in [1.807, 2.05) is 35.7 Å². The number of rotatable bonds is 7. The van der Waals surface area contributed by atoms with Crippen LogP contribution in [0, 0.1) is 11.6 Å². The van der Waals surface area contributed by atoms with E-state index in [1.165, 1.54) is 29.5 Å². The Kier molecular flexibility index (Phi) is 6.10. The lowest BCUT2D eigenvalue weighted by Gasteiger charge is -2.08. The maximum Gasteiger partial charge on any atom is 0.203 e. The Balaban J connectivity index is 1.32. The van der Waals surface area contributed by atoms with Gasteiger partial charge in [-0.1, -0.05) is 36.4 Å². The van der Waals surface area contributed by atoms with Crippen molar-refractivity contribution in [2.45, 2.75) is 6.61 Å². The number of halogens is 2. The number of ether oxygens (including phenoxy) is 1. The number of hydrazone groups is 1. The highest BCUT2D eigenvalue weighted by Crippen LogP contribution is 2.24. The van der Waals surface area contributed by atoms with E-state index in [2.05, 4.69) is 15.5 Å². The summed E-state index contributed by atoms with van der Waals surface area (Å²) >= 11 is 1.47. The highest BCUT2D eigenvalue weighted by atomic mass is 32.1. The predicted octanol–water partition coefficient (Wildman–Crippen LogP) is 6.11. The SMILES string of the molecule is Fc1cccc(F)c1COc1ccc(C=NNc2nc(-c3ccccc3)cs2)cc1. The molecule has 150 valence electrons. The van der Waals surface area contributed by atoms with Gasteiger partial charge in [0.1, 0.15) is 24.0 Å². The molecule has 0 fully saturated rings. The average molecular weight is 421 g/mol. The summed E-state index contributed by atoms with van der Waals surface area (Å²) < 4.78 is 32.8. The van der Waals surface area contributed by atoms with Gasteiger partial charge < -0.3 is 4.74 Å². The summed E-state index contributed by atoms with van der Waals surface area (Å²) in [5.41, 5.74) is 5.61. The molecule has 3 aromatic carbocycles. The second-order valence-electron chi connectivity index (χ2n) is 6.33. The number of hydrogen-bond acceptors (Lipinski definition) is 5. The number of anilines is 1. The third kappa shape index (κ3) is 4.87. The van der Waals surface area contributed by atoms with Gasteiger partial charge in [-0.2, -0.15) is 5.10 Å². The molecule has 0 aliphatic rings. The van der Waals surface area contributed by atoms with Crippen molar-refractivity contribution in [1.29, 1.82) is 0 Å². The Hall–Kier alpha value is -3.58. The van der Waals surface area contributed by atoms with Crippen LogP contribution in [0.15, 0.2) is 83.3 Å². The normalized spacial score (nSPS) is 11.0. The second-order valence-corrected chi connectivity index (χ2v) is 7.19. The Bertz CT molecular complexity index is 1120. The third-order valence-electron chi connectivity index (χ3n) is 4.27. The Morgan fingerprint density at radius 1 is 0.933 bits per heavy atom. The molecule has 0 spiro atoms. The number of hydrogen-bond donors (Lipinski definition) is 1. The van der Waals surface area contributed by atoms with Crippen molar-refractivity contribution >= 4 is 22.7 Å². The molecule has 4 rings (SSSR count). The van der Waals surface area contributed by atoms with E-state index < -0.39 is 11.6 Å². The van der Waals surface area contributed by atoms with E-state index in [0.717, 1.165) is 16.8 Å². The number of nitrogens with one attached hydrogen (secondary N) is 1. The topological polar surface area (TPSA) is 46.5 Å². The van der Waals surface area contributed by atoms with Crippen LogP contribution in [-0.2, 0) is 6.61 Å². The van der Waals surface area contributed by atoms with Crippen molar-refractivity contribution in [3.05, 3.63) is 101 Å². The quantitative estimate of drug-likeness (QED) is 0.289. The molecule has 0 bridgehead atoms. The molecule has 0 saturated carbocycles. The number of thiazole rings is 1. The summed E-state index contributed by atoms with van der Waals surface area (Å²) in [6.45, 7) is -0.179. The van der Waals surface area contributed by atoms with Crippen LogP contribution >= 0.6 is 11.3 Å². The molecule has 7 heteroatoms. The summed E-state index contributed by atoms with van der Waals surface area (Å²) in [4.78, 5) is 4.51. The highest BCUT2D eigenvalue weighted by Gasteiger charge is 2.09. The maximum atomic E-state index is 13.6. The minimum Gasteiger partial charge on any atom is -0.489 e. The van der Waals surface area contributed by atoms with Crippen molar-refractivity contribution in [2.75, 3.05) is 5.43 Å². The lowest BCUT2D eigenvalue weighted by molar-refractivity contribution is 0.292. The molecule has 1 N–H and O–H groups in total. The summed E-state index contributed by atoms with van der Waals surface area (Å²) in [6, 6.07) is 20.7. The molecule has 0 saturated heterocycles. The van der Waals surface area contributed by atoms with Crippen LogP contribution in [0.3, 0.4) is 0 Å². The monoisotopic (exact) mass is 421 g/mol. The van der Waals surface area contributed by atoms with Gasteiger partial charge in [-0.25, -0.2) is 13.8 Å². The predicted molar refractivity (Wildman–Crippen MR) is 116 cm³/mol. The highest BCUT2D eigenvalue weighted by molar-refractivity contribution is 7.14.